The van der Waals surface area contributed by atoms with E-state index in [-0.39, 0.29) is 17.9 Å². The van der Waals surface area contributed by atoms with Gasteiger partial charge in [0.15, 0.2) is 0 Å². The summed E-state index contributed by atoms with van der Waals surface area (Å²) in [5.74, 6) is -0.404. The molecular weight excluding hydrogens is 294 g/mol. The fourth-order valence-corrected chi connectivity index (χ4v) is 3.82. The Hall–Kier alpha value is -2.14. The molecule has 1 aromatic rings. The van der Waals surface area contributed by atoms with Crippen molar-refractivity contribution < 1.29 is 19.1 Å². The molecule has 4 atom stereocenters. The number of benzene rings is 1. The smallest absolute Gasteiger partial charge is 0.241 e. The van der Waals surface area contributed by atoms with Crippen molar-refractivity contribution in [2.45, 2.75) is 32.0 Å². The van der Waals surface area contributed by atoms with Crippen molar-refractivity contribution in [2.75, 3.05) is 11.5 Å². The number of rotatable bonds is 4. The predicted molar refractivity (Wildman–Crippen MR) is 84.1 cm³/mol. The minimum atomic E-state index is -0.652. The minimum Gasteiger partial charge on any atom is -0.494 e. The van der Waals surface area contributed by atoms with Crippen molar-refractivity contribution in [3.05, 3.63) is 36.4 Å². The Morgan fingerprint density at radius 2 is 1.96 bits per heavy atom. The topological polar surface area (TPSA) is 55.8 Å². The molecule has 0 aliphatic carbocycles. The highest BCUT2D eigenvalue weighted by Gasteiger charge is 2.65. The van der Waals surface area contributed by atoms with Gasteiger partial charge in [-0.2, -0.15) is 0 Å². The zero-order valence-electron chi connectivity index (χ0n) is 13.2. The monoisotopic (exact) mass is 313 g/mol. The third kappa shape index (κ3) is 1.96. The van der Waals surface area contributed by atoms with E-state index in [0.29, 0.717) is 12.3 Å². The number of nitrogens with zero attached hydrogens (tertiary/aromatic N) is 1. The fraction of sp³-hybridized carbons (Fsp3) is 0.444. The SMILES string of the molecule is CCCOc1ccc(N2C(=O)[C@H]3[C@H]4C=C[C@@](C)(O4)[C@H]3C2=O)cc1. The number of carbonyl (C=O) groups is 2. The van der Waals surface area contributed by atoms with Crippen LogP contribution < -0.4 is 9.64 Å². The lowest BCUT2D eigenvalue weighted by Crippen LogP contribution is -2.38. The van der Waals surface area contributed by atoms with E-state index in [1.165, 1.54) is 4.90 Å². The predicted octanol–water partition coefficient (Wildman–Crippen LogP) is 2.31. The molecule has 0 N–H and O–H groups in total. The molecule has 0 saturated carbocycles. The second-order valence-electron chi connectivity index (χ2n) is 6.48. The van der Waals surface area contributed by atoms with Crippen LogP contribution in [0.4, 0.5) is 5.69 Å². The van der Waals surface area contributed by atoms with Gasteiger partial charge < -0.3 is 9.47 Å². The molecule has 3 aliphatic rings. The molecule has 5 heteroatoms. The second kappa shape index (κ2) is 4.93. The average Bonchev–Trinajstić information content (AvgIpc) is 3.15. The molecule has 0 aromatic heterocycles. The molecule has 0 spiro atoms. The zero-order valence-corrected chi connectivity index (χ0v) is 13.2. The van der Waals surface area contributed by atoms with E-state index >= 15 is 0 Å². The number of ether oxygens (including phenoxy) is 2. The lowest BCUT2D eigenvalue weighted by atomic mass is 9.78. The lowest BCUT2D eigenvalue weighted by molar-refractivity contribution is -0.126. The number of imide groups is 1. The largest absolute Gasteiger partial charge is 0.494 e. The molecule has 3 aliphatic heterocycles. The van der Waals surface area contributed by atoms with Crippen molar-refractivity contribution in [2.24, 2.45) is 11.8 Å². The molecule has 23 heavy (non-hydrogen) atoms. The van der Waals surface area contributed by atoms with Gasteiger partial charge in [0.05, 0.1) is 35.8 Å². The highest BCUT2D eigenvalue weighted by Crippen LogP contribution is 2.52. The fourth-order valence-electron chi connectivity index (χ4n) is 3.82. The van der Waals surface area contributed by atoms with Gasteiger partial charge >= 0.3 is 0 Å². The Morgan fingerprint density at radius 1 is 1.22 bits per heavy atom. The van der Waals surface area contributed by atoms with E-state index < -0.39 is 17.4 Å². The summed E-state index contributed by atoms with van der Waals surface area (Å²) in [5.41, 5.74) is -0.0534. The van der Waals surface area contributed by atoms with Crippen LogP contribution in [0.15, 0.2) is 36.4 Å². The third-order valence-corrected chi connectivity index (χ3v) is 4.90. The normalized spacial score (nSPS) is 34.3. The van der Waals surface area contributed by atoms with E-state index in [1.54, 1.807) is 24.3 Å². The average molecular weight is 313 g/mol. The molecule has 0 unspecified atom stereocenters. The second-order valence-corrected chi connectivity index (χ2v) is 6.48. The minimum absolute atomic E-state index is 0.166. The number of hydrogen-bond donors (Lipinski definition) is 0. The number of anilines is 1. The summed E-state index contributed by atoms with van der Waals surface area (Å²) in [6.07, 6.45) is 4.46. The molecule has 2 fully saturated rings. The van der Waals surface area contributed by atoms with Gasteiger partial charge in [-0.1, -0.05) is 19.1 Å². The molecular formula is C18H19NO4. The first-order chi connectivity index (χ1) is 11.0. The van der Waals surface area contributed by atoms with Gasteiger partial charge in [-0.15, -0.1) is 0 Å². The van der Waals surface area contributed by atoms with Crippen molar-refractivity contribution in [1.29, 1.82) is 0 Å². The maximum Gasteiger partial charge on any atom is 0.241 e. The Balaban J connectivity index is 1.61. The van der Waals surface area contributed by atoms with Gasteiger partial charge in [0.25, 0.3) is 0 Å². The van der Waals surface area contributed by atoms with E-state index in [2.05, 4.69) is 0 Å². The Kier molecular flexibility index (Phi) is 3.10. The van der Waals surface area contributed by atoms with E-state index in [0.717, 1.165) is 12.2 Å². The first-order valence-electron chi connectivity index (χ1n) is 8.03. The number of fused-ring (bicyclic) bond motifs is 5. The third-order valence-electron chi connectivity index (χ3n) is 4.90. The molecule has 0 radical (unpaired) electrons. The molecule has 5 nitrogen and oxygen atoms in total. The van der Waals surface area contributed by atoms with Gasteiger partial charge in [-0.25, -0.2) is 4.90 Å². The molecule has 2 amide bonds. The van der Waals surface area contributed by atoms with Crippen molar-refractivity contribution >= 4 is 17.5 Å². The van der Waals surface area contributed by atoms with Crippen LogP contribution in [0.5, 0.6) is 5.75 Å². The maximum atomic E-state index is 12.8. The van der Waals surface area contributed by atoms with Crippen molar-refractivity contribution in [3.8, 4) is 5.75 Å². The van der Waals surface area contributed by atoms with Gasteiger partial charge in [-0.3, -0.25) is 9.59 Å². The molecule has 120 valence electrons. The van der Waals surface area contributed by atoms with Gasteiger partial charge in [-0.05, 0) is 37.6 Å². The Morgan fingerprint density at radius 3 is 2.61 bits per heavy atom. The van der Waals surface area contributed by atoms with Crippen LogP contribution in [0.3, 0.4) is 0 Å². The van der Waals surface area contributed by atoms with Crippen LogP contribution in [0.2, 0.25) is 0 Å². The van der Waals surface area contributed by atoms with Crippen LogP contribution in [0.1, 0.15) is 20.3 Å². The van der Waals surface area contributed by atoms with Crippen LogP contribution in [0, 0.1) is 11.8 Å². The number of hydrogen-bond acceptors (Lipinski definition) is 4. The highest BCUT2D eigenvalue weighted by atomic mass is 16.5. The first kappa shape index (κ1) is 14.5. The van der Waals surface area contributed by atoms with Crippen molar-refractivity contribution in [1.82, 2.24) is 0 Å². The quantitative estimate of drug-likeness (QED) is 0.632. The summed E-state index contributed by atoms with van der Waals surface area (Å²) in [4.78, 5) is 26.9. The summed E-state index contributed by atoms with van der Waals surface area (Å²) in [5, 5.41) is 0. The molecule has 2 saturated heterocycles. The van der Waals surface area contributed by atoms with Gasteiger partial charge in [0, 0.05) is 0 Å². The van der Waals surface area contributed by atoms with E-state index in [4.69, 9.17) is 9.47 Å². The summed E-state index contributed by atoms with van der Waals surface area (Å²) < 4.78 is 11.4. The van der Waals surface area contributed by atoms with E-state index in [1.807, 2.05) is 26.0 Å². The lowest BCUT2D eigenvalue weighted by Gasteiger charge is -2.24. The molecule has 2 bridgehead atoms. The van der Waals surface area contributed by atoms with Crippen molar-refractivity contribution in [3.63, 3.8) is 0 Å². The van der Waals surface area contributed by atoms with Gasteiger partial charge in [0.1, 0.15) is 5.75 Å². The first-order valence-corrected chi connectivity index (χ1v) is 8.03. The van der Waals surface area contributed by atoms with Crippen LogP contribution in [-0.2, 0) is 14.3 Å². The maximum absolute atomic E-state index is 12.8. The molecule has 3 heterocycles. The standard InChI is InChI=1S/C18H19NO4/c1-3-10-22-12-6-4-11(5-7-12)19-16(20)14-13-8-9-18(2,23-13)15(14)17(19)21/h4-9,13-15H,3,10H2,1-2H3/t13-,14+,15-,18-/m1/s1. The molecule has 1 aromatic carbocycles. The summed E-state index contributed by atoms with van der Waals surface area (Å²) in [6, 6.07) is 7.12. The highest BCUT2D eigenvalue weighted by molar-refractivity contribution is 6.23. The van der Waals surface area contributed by atoms with E-state index in [9.17, 15) is 9.59 Å². The summed E-state index contributed by atoms with van der Waals surface area (Å²) in [6.45, 7) is 4.57. The number of carbonyl (C=O) groups excluding carboxylic acids is 2. The van der Waals surface area contributed by atoms with Gasteiger partial charge in [0.2, 0.25) is 11.8 Å². The summed E-state index contributed by atoms with van der Waals surface area (Å²) >= 11 is 0. The van der Waals surface area contributed by atoms with Crippen LogP contribution in [0.25, 0.3) is 0 Å². The summed E-state index contributed by atoms with van der Waals surface area (Å²) in [7, 11) is 0. The number of amides is 2. The Labute approximate surface area is 134 Å². The van der Waals surface area contributed by atoms with Crippen LogP contribution in [-0.4, -0.2) is 30.1 Å². The molecule has 4 rings (SSSR count). The Bertz CT molecular complexity index is 695. The van der Waals surface area contributed by atoms with Crippen LogP contribution >= 0.6 is 0 Å². The zero-order chi connectivity index (χ0) is 16.2.